The van der Waals surface area contributed by atoms with E-state index in [9.17, 15) is 4.79 Å². The van der Waals surface area contributed by atoms with Crippen molar-refractivity contribution in [3.63, 3.8) is 0 Å². The van der Waals surface area contributed by atoms with Gasteiger partial charge in [0.2, 0.25) is 6.41 Å². The van der Waals surface area contributed by atoms with Crippen LogP contribution in [0.1, 0.15) is 30.0 Å². The largest absolute Gasteiger partial charge is 0.496 e. The van der Waals surface area contributed by atoms with Crippen molar-refractivity contribution >= 4 is 6.41 Å². The van der Waals surface area contributed by atoms with E-state index in [1.807, 2.05) is 12.1 Å². The van der Waals surface area contributed by atoms with E-state index < -0.39 is 0 Å². The van der Waals surface area contributed by atoms with Crippen LogP contribution in [0.2, 0.25) is 0 Å². The maximum absolute atomic E-state index is 10.5. The lowest BCUT2D eigenvalue weighted by Gasteiger charge is -2.26. The molecule has 1 aliphatic carbocycles. The molecule has 2 rings (SSSR count). The number of amides is 1. The normalized spacial score (nSPS) is 19.1. The minimum atomic E-state index is 0.154. The zero-order chi connectivity index (χ0) is 10.7. The molecule has 0 saturated carbocycles. The molecule has 1 N–H and O–H groups in total. The maximum atomic E-state index is 10.5. The minimum absolute atomic E-state index is 0.154. The SMILES string of the molecule is COc1cccc2c1CCCC2NC=O. The number of ether oxygens (including phenoxy) is 1. The van der Waals surface area contributed by atoms with Gasteiger partial charge in [-0.3, -0.25) is 4.79 Å². The number of methoxy groups -OCH3 is 1. The summed E-state index contributed by atoms with van der Waals surface area (Å²) in [6, 6.07) is 6.17. The molecule has 1 amide bonds. The van der Waals surface area contributed by atoms with Crippen molar-refractivity contribution in [3.05, 3.63) is 29.3 Å². The van der Waals surface area contributed by atoms with Crippen molar-refractivity contribution in [1.82, 2.24) is 5.32 Å². The highest BCUT2D eigenvalue weighted by Gasteiger charge is 2.21. The molecule has 1 unspecified atom stereocenters. The Morgan fingerprint density at radius 3 is 3.13 bits per heavy atom. The van der Waals surface area contributed by atoms with Gasteiger partial charge in [0.15, 0.2) is 0 Å². The van der Waals surface area contributed by atoms with Crippen molar-refractivity contribution in [2.75, 3.05) is 7.11 Å². The van der Waals surface area contributed by atoms with Crippen molar-refractivity contribution in [2.24, 2.45) is 0 Å². The van der Waals surface area contributed by atoms with Crippen LogP contribution in [0.25, 0.3) is 0 Å². The Morgan fingerprint density at radius 1 is 1.53 bits per heavy atom. The first-order chi connectivity index (χ1) is 7.36. The van der Waals surface area contributed by atoms with Gasteiger partial charge in [-0.15, -0.1) is 0 Å². The molecule has 0 bridgehead atoms. The summed E-state index contributed by atoms with van der Waals surface area (Å²) in [5.74, 6) is 0.935. The summed E-state index contributed by atoms with van der Waals surface area (Å²) in [7, 11) is 1.69. The number of fused-ring (bicyclic) bond motifs is 1. The van der Waals surface area contributed by atoms with Gasteiger partial charge < -0.3 is 10.1 Å². The summed E-state index contributed by atoms with van der Waals surface area (Å²) >= 11 is 0. The molecule has 15 heavy (non-hydrogen) atoms. The van der Waals surface area contributed by atoms with E-state index in [0.717, 1.165) is 31.4 Å². The van der Waals surface area contributed by atoms with Gasteiger partial charge in [0.05, 0.1) is 13.2 Å². The lowest BCUT2D eigenvalue weighted by molar-refractivity contribution is -0.110. The predicted molar refractivity (Wildman–Crippen MR) is 57.9 cm³/mol. The molecule has 3 nitrogen and oxygen atoms in total. The molecule has 1 atom stereocenters. The molecular weight excluding hydrogens is 190 g/mol. The maximum Gasteiger partial charge on any atom is 0.207 e. The third-order valence-corrected chi connectivity index (χ3v) is 2.95. The summed E-state index contributed by atoms with van der Waals surface area (Å²) in [6.45, 7) is 0. The second-order valence-electron chi connectivity index (χ2n) is 3.76. The highest BCUT2D eigenvalue weighted by Crippen LogP contribution is 2.34. The van der Waals surface area contributed by atoms with Crippen LogP contribution in [0, 0.1) is 0 Å². The highest BCUT2D eigenvalue weighted by molar-refractivity contribution is 5.50. The summed E-state index contributed by atoms with van der Waals surface area (Å²) in [4.78, 5) is 10.5. The van der Waals surface area contributed by atoms with Gasteiger partial charge in [-0.05, 0) is 36.5 Å². The van der Waals surface area contributed by atoms with Crippen LogP contribution in [0.5, 0.6) is 5.75 Å². The Balaban J connectivity index is 2.39. The summed E-state index contributed by atoms with van der Waals surface area (Å²) in [5.41, 5.74) is 2.44. The fourth-order valence-corrected chi connectivity index (χ4v) is 2.26. The molecule has 0 fully saturated rings. The summed E-state index contributed by atoms with van der Waals surface area (Å²) in [6.07, 6.45) is 3.92. The number of rotatable bonds is 3. The van der Waals surface area contributed by atoms with Crippen molar-refractivity contribution in [3.8, 4) is 5.75 Å². The van der Waals surface area contributed by atoms with Crippen molar-refractivity contribution < 1.29 is 9.53 Å². The van der Waals surface area contributed by atoms with Gasteiger partial charge >= 0.3 is 0 Å². The highest BCUT2D eigenvalue weighted by atomic mass is 16.5. The molecule has 0 radical (unpaired) electrons. The lowest BCUT2D eigenvalue weighted by atomic mass is 9.87. The molecule has 1 aromatic carbocycles. The molecule has 0 spiro atoms. The van der Waals surface area contributed by atoms with E-state index in [1.54, 1.807) is 7.11 Å². The van der Waals surface area contributed by atoms with Gasteiger partial charge in [-0.2, -0.15) is 0 Å². The zero-order valence-corrected chi connectivity index (χ0v) is 8.82. The van der Waals surface area contributed by atoms with E-state index >= 15 is 0 Å². The second kappa shape index (κ2) is 4.34. The van der Waals surface area contributed by atoms with Gasteiger partial charge in [0.1, 0.15) is 5.75 Å². The van der Waals surface area contributed by atoms with Gasteiger partial charge in [-0.25, -0.2) is 0 Å². The van der Waals surface area contributed by atoms with Crippen molar-refractivity contribution in [2.45, 2.75) is 25.3 Å². The average molecular weight is 205 g/mol. The van der Waals surface area contributed by atoms with Gasteiger partial charge in [0, 0.05) is 0 Å². The lowest BCUT2D eigenvalue weighted by Crippen LogP contribution is -2.24. The van der Waals surface area contributed by atoms with Crippen LogP contribution >= 0.6 is 0 Å². The third kappa shape index (κ3) is 1.82. The number of carbonyl (C=O) groups excluding carboxylic acids is 1. The molecule has 0 heterocycles. The fraction of sp³-hybridized carbons (Fsp3) is 0.417. The topological polar surface area (TPSA) is 38.3 Å². The van der Waals surface area contributed by atoms with Crippen LogP contribution in [0.4, 0.5) is 0 Å². The molecule has 0 aromatic heterocycles. The van der Waals surface area contributed by atoms with Crippen LogP contribution in [0.15, 0.2) is 18.2 Å². The smallest absolute Gasteiger partial charge is 0.207 e. The average Bonchev–Trinajstić information content (AvgIpc) is 2.29. The van der Waals surface area contributed by atoms with Gasteiger partial charge in [0.25, 0.3) is 0 Å². The van der Waals surface area contributed by atoms with E-state index in [4.69, 9.17) is 4.74 Å². The molecule has 1 aromatic rings. The van der Waals surface area contributed by atoms with Crippen molar-refractivity contribution in [1.29, 1.82) is 0 Å². The number of benzene rings is 1. The van der Waals surface area contributed by atoms with E-state index in [1.165, 1.54) is 11.1 Å². The Kier molecular flexibility index (Phi) is 2.90. The molecule has 0 saturated heterocycles. The summed E-state index contributed by atoms with van der Waals surface area (Å²) in [5, 5.41) is 2.86. The Morgan fingerprint density at radius 2 is 2.40 bits per heavy atom. The van der Waals surface area contributed by atoms with Crippen LogP contribution < -0.4 is 10.1 Å². The van der Waals surface area contributed by atoms with E-state index in [-0.39, 0.29) is 6.04 Å². The first-order valence-electron chi connectivity index (χ1n) is 5.22. The number of carbonyl (C=O) groups is 1. The first-order valence-corrected chi connectivity index (χ1v) is 5.22. The standard InChI is InChI=1S/C12H15NO2/c1-15-12-7-3-4-9-10(12)5-2-6-11(9)13-8-14/h3-4,7-8,11H,2,5-6H2,1H3,(H,13,14). The van der Waals surface area contributed by atoms with Crippen LogP contribution in [-0.4, -0.2) is 13.5 Å². The fourth-order valence-electron chi connectivity index (χ4n) is 2.26. The monoisotopic (exact) mass is 205 g/mol. The Bertz CT molecular complexity index is 363. The zero-order valence-electron chi connectivity index (χ0n) is 8.82. The number of hydrogen-bond donors (Lipinski definition) is 1. The van der Waals surface area contributed by atoms with E-state index in [0.29, 0.717) is 0 Å². The van der Waals surface area contributed by atoms with Crippen LogP contribution in [0.3, 0.4) is 0 Å². The minimum Gasteiger partial charge on any atom is -0.496 e. The molecule has 80 valence electrons. The third-order valence-electron chi connectivity index (χ3n) is 2.95. The Labute approximate surface area is 89.4 Å². The number of hydrogen-bond acceptors (Lipinski definition) is 2. The predicted octanol–water partition coefficient (Wildman–Crippen LogP) is 1.82. The molecule has 3 heteroatoms. The molecule has 0 aliphatic heterocycles. The molecular formula is C12H15NO2. The molecule has 1 aliphatic rings. The van der Waals surface area contributed by atoms with E-state index in [2.05, 4.69) is 11.4 Å². The quantitative estimate of drug-likeness (QED) is 0.764. The first kappa shape index (κ1) is 10.0. The Hall–Kier alpha value is -1.51. The van der Waals surface area contributed by atoms with Crippen LogP contribution in [-0.2, 0) is 11.2 Å². The summed E-state index contributed by atoms with van der Waals surface area (Å²) < 4.78 is 5.32. The second-order valence-corrected chi connectivity index (χ2v) is 3.76. The van der Waals surface area contributed by atoms with Gasteiger partial charge in [-0.1, -0.05) is 12.1 Å². The number of nitrogens with one attached hydrogen (secondary N) is 1.